The molecule has 1 saturated heterocycles. The van der Waals surface area contributed by atoms with Crippen LogP contribution in [-0.2, 0) is 0 Å². The first-order valence-electron chi connectivity index (χ1n) is 6.17. The lowest BCUT2D eigenvalue weighted by molar-refractivity contribution is 0.949. The van der Waals surface area contributed by atoms with Crippen LogP contribution in [0.15, 0.2) is 36.4 Å². The second-order valence-corrected chi connectivity index (χ2v) is 4.56. The van der Waals surface area contributed by atoms with Crippen molar-refractivity contribution in [1.82, 2.24) is 0 Å². The van der Waals surface area contributed by atoms with Gasteiger partial charge in [0.2, 0.25) is 0 Å². The highest BCUT2D eigenvalue weighted by molar-refractivity contribution is 6.06. The molecule has 86 valence electrons. The Morgan fingerprint density at radius 3 is 2.41 bits per heavy atom. The summed E-state index contributed by atoms with van der Waals surface area (Å²) in [6, 6.07) is 12.6. The minimum absolute atomic E-state index is 1.02. The lowest BCUT2D eigenvalue weighted by Gasteiger charge is -2.20. The SMILES string of the molecule is N=Cc1cccc2cccc(N3CCCC3)c12. The molecule has 17 heavy (non-hydrogen) atoms. The first-order valence-corrected chi connectivity index (χ1v) is 6.17. The monoisotopic (exact) mass is 224 g/mol. The summed E-state index contributed by atoms with van der Waals surface area (Å²) in [6.45, 7) is 2.29. The molecule has 1 fully saturated rings. The van der Waals surface area contributed by atoms with Gasteiger partial charge in [0.1, 0.15) is 0 Å². The van der Waals surface area contributed by atoms with Crippen molar-refractivity contribution < 1.29 is 0 Å². The minimum Gasteiger partial charge on any atom is -0.371 e. The topological polar surface area (TPSA) is 27.1 Å². The molecule has 0 atom stereocenters. The van der Waals surface area contributed by atoms with Crippen molar-refractivity contribution >= 4 is 22.7 Å². The smallest absolute Gasteiger partial charge is 0.0452 e. The summed E-state index contributed by atoms with van der Waals surface area (Å²) in [7, 11) is 0. The van der Waals surface area contributed by atoms with Gasteiger partial charge in [-0.05, 0) is 24.3 Å². The van der Waals surface area contributed by atoms with Crippen LogP contribution in [0.25, 0.3) is 10.8 Å². The zero-order valence-corrected chi connectivity index (χ0v) is 9.82. The van der Waals surface area contributed by atoms with E-state index in [0.29, 0.717) is 0 Å². The highest BCUT2D eigenvalue weighted by Crippen LogP contribution is 2.31. The lowest BCUT2D eigenvalue weighted by Crippen LogP contribution is -2.18. The van der Waals surface area contributed by atoms with Gasteiger partial charge >= 0.3 is 0 Å². The number of nitrogens with zero attached hydrogens (tertiary/aromatic N) is 1. The molecule has 0 radical (unpaired) electrons. The molecule has 2 aromatic rings. The standard InChI is InChI=1S/C15H16N2/c16-11-13-7-3-5-12-6-4-8-14(15(12)13)17-9-1-2-10-17/h3-8,11,16H,1-2,9-10H2. The fourth-order valence-corrected chi connectivity index (χ4v) is 2.69. The summed E-state index contributed by atoms with van der Waals surface area (Å²) >= 11 is 0. The zero-order chi connectivity index (χ0) is 11.7. The largest absolute Gasteiger partial charge is 0.371 e. The highest BCUT2D eigenvalue weighted by atomic mass is 15.1. The average Bonchev–Trinajstić information content (AvgIpc) is 2.91. The van der Waals surface area contributed by atoms with Crippen molar-refractivity contribution in [3.63, 3.8) is 0 Å². The van der Waals surface area contributed by atoms with E-state index in [1.165, 1.54) is 35.5 Å². The lowest BCUT2D eigenvalue weighted by atomic mass is 10.0. The number of nitrogens with one attached hydrogen (secondary N) is 1. The number of hydrogen-bond acceptors (Lipinski definition) is 2. The van der Waals surface area contributed by atoms with Crippen molar-refractivity contribution in [3.8, 4) is 0 Å². The molecular formula is C15H16N2. The molecule has 1 N–H and O–H groups in total. The van der Waals surface area contributed by atoms with Crippen LogP contribution in [0.2, 0.25) is 0 Å². The molecule has 0 unspecified atom stereocenters. The molecule has 0 spiro atoms. The molecule has 0 amide bonds. The van der Waals surface area contributed by atoms with Crippen molar-refractivity contribution in [2.75, 3.05) is 18.0 Å². The maximum Gasteiger partial charge on any atom is 0.0452 e. The van der Waals surface area contributed by atoms with Crippen LogP contribution < -0.4 is 4.90 Å². The van der Waals surface area contributed by atoms with Gasteiger partial charge in [0.15, 0.2) is 0 Å². The minimum atomic E-state index is 1.02. The number of benzene rings is 2. The fraction of sp³-hybridized carbons (Fsp3) is 0.267. The van der Waals surface area contributed by atoms with E-state index >= 15 is 0 Å². The third-order valence-corrected chi connectivity index (χ3v) is 3.52. The number of anilines is 1. The molecule has 2 nitrogen and oxygen atoms in total. The zero-order valence-electron chi connectivity index (χ0n) is 9.82. The van der Waals surface area contributed by atoms with Gasteiger partial charge in [-0.25, -0.2) is 0 Å². The fourth-order valence-electron chi connectivity index (χ4n) is 2.69. The molecule has 0 aliphatic carbocycles. The predicted molar refractivity (Wildman–Crippen MR) is 73.3 cm³/mol. The second-order valence-electron chi connectivity index (χ2n) is 4.56. The van der Waals surface area contributed by atoms with Gasteiger partial charge in [-0.15, -0.1) is 0 Å². The van der Waals surface area contributed by atoms with E-state index in [9.17, 15) is 0 Å². The maximum atomic E-state index is 7.55. The quantitative estimate of drug-likeness (QED) is 0.777. The Hall–Kier alpha value is -1.83. The van der Waals surface area contributed by atoms with Gasteiger partial charge in [0.05, 0.1) is 0 Å². The maximum absolute atomic E-state index is 7.55. The first-order chi connectivity index (χ1) is 8.40. The van der Waals surface area contributed by atoms with E-state index < -0.39 is 0 Å². The van der Waals surface area contributed by atoms with Crippen LogP contribution in [0.1, 0.15) is 18.4 Å². The third-order valence-electron chi connectivity index (χ3n) is 3.52. The van der Waals surface area contributed by atoms with Gasteiger partial charge in [-0.1, -0.05) is 30.3 Å². The Morgan fingerprint density at radius 2 is 1.71 bits per heavy atom. The molecule has 0 bridgehead atoms. The third kappa shape index (κ3) is 1.70. The molecule has 0 saturated carbocycles. The molecule has 1 heterocycles. The second kappa shape index (κ2) is 4.21. The Kier molecular flexibility index (Phi) is 2.56. The molecule has 0 aromatic heterocycles. The molecule has 2 aromatic carbocycles. The number of fused-ring (bicyclic) bond motifs is 1. The summed E-state index contributed by atoms with van der Waals surface area (Å²) in [6.07, 6.45) is 4.02. The van der Waals surface area contributed by atoms with E-state index in [0.717, 1.165) is 18.7 Å². The van der Waals surface area contributed by atoms with E-state index in [4.69, 9.17) is 5.41 Å². The van der Waals surface area contributed by atoms with Crippen LogP contribution in [0.5, 0.6) is 0 Å². The summed E-state index contributed by atoms with van der Waals surface area (Å²) in [5.41, 5.74) is 2.31. The Morgan fingerprint density at radius 1 is 1.00 bits per heavy atom. The van der Waals surface area contributed by atoms with Crippen LogP contribution in [0, 0.1) is 5.41 Å². The van der Waals surface area contributed by atoms with E-state index in [1.807, 2.05) is 12.1 Å². The molecule has 1 aliphatic rings. The molecule has 3 rings (SSSR count). The summed E-state index contributed by atoms with van der Waals surface area (Å²) in [5.74, 6) is 0. The molecule has 1 aliphatic heterocycles. The Bertz CT molecular complexity index is 549. The van der Waals surface area contributed by atoms with Gasteiger partial charge in [-0.3, -0.25) is 0 Å². The summed E-state index contributed by atoms with van der Waals surface area (Å²) in [5, 5.41) is 10.0. The van der Waals surface area contributed by atoms with Gasteiger partial charge in [-0.2, -0.15) is 0 Å². The van der Waals surface area contributed by atoms with E-state index in [2.05, 4.69) is 29.2 Å². The van der Waals surface area contributed by atoms with Gasteiger partial charge in [0.25, 0.3) is 0 Å². The molecule has 2 heteroatoms. The van der Waals surface area contributed by atoms with Gasteiger partial charge in [0, 0.05) is 35.9 Å². The van der Waals surface area contributed by atoms with Crippen LogP contribution in [-0.4, -0.2) is 19.3 Å². The van der Waals surface area contributed by atoms with Crippen LogP contribution in [0.3, 0.4) is 0 Å². The van der Waals surface area contributed by atoms with Crippen molar-refractivity contribution in [3.05, 3.63) is 42.0 Å². The van der Waals surface area contributed by atoms with Crippen molar-refractivity contribution in [1.29, 1.82) is 5.41 Å². The molecular weight excluding hydrogens is 208 g/mol. The Balaban J connectivity index is 2.26. The van der Waals surface area contributed by atoms with E-state index in [1.54, 1.807) is 0 Å². The predicted octanol–water partition coefficient (Wildman–Crippen LogP) is 3.44. The van der Waals surface area contributed by atoms with Crippen molar-refractivity contribution in [2.24, 2.45) is 0 Å². The van der Waals surface area contributed by atoms with Crippen LogP contribution >= 0.6 is 0 Å². The highest BCUT2D eigenvalue weighted by Gasteiger charge is 2.15. The summed E-state index contributed by atoms with van der Waals surface area (Å²) < 4.78 is 0. The van der Waals surface area contributed by atoms with Gasteiger partial charge < -0.3 is 10.3 Å². The van der Waals surface area contributed by atoms with Crippen molar-refractivity contribution in [2.45, 2.75) is 12.8 Å². The normalized spacial score (nSPS) is 15.4. The first kappa shape index (κ1) is 10.3. The number of hydrogen-bond donors (Lipinski definition) is 1. The van der Waals surface area contributed by atoms with Crippen LogP contribution in [0.4, 0.5) is 5.69 Å². The van der Waals surface area contributed by atoms with E-state index in [-0.39, 0.29) is 0 Å². The average molecular weight is 224 g/mol. The number of rotatable bonds is 2. The Labute approximate surface area is 101 Å². The summed E-state index contributed by atoms with van der Waals surface area (Å²) in [4.78, 5) is 2.44.